The van der Waals surface area contributed by atoms with Crippen molar-refractivity contribution in [3.05, 3.63) is 59.4 Å². The summed E-state index contributed by atoms with van der Waals surface area (Å²) in [7, 11) is 0. The lowest BCUT2D eigenvalue weighted by Gasteiger charge is -2.20. The number of hydrogen-bond donors (Lipinski definition) is 1. The Morgan fingerprint density at radius 2 is 2.00 bits per heavy atom. The number of phenolic OH excluding ortho intramolecular Hbond substituents is 1. The Labute approximate surface area is 105 Å². The minimum Gasteiger partial charge on any atom is -0.508 e. The van der Waals surface area contributed by atoms with E-state index in [1.165, 1.54) is 29.4 Å². The van der Waals surface area contributed by atoms with Gasteiger partial charge in [-0.2, -0.15) is 0 Å². The predicted molar refractivity (Wildman–Crippen MR) is 69.3 cm³/mol. The van der Waals surface area contributed by atoms with Crippen molar-refractivity contribution in [2.24, 2.45) is 0 Å². The standard InChI is InChI=1S/C15H14FNO/c16-13-5-6-15(18)12(9-13)10-17-8-7-11-3-1-2-4-14(11)17/h1-6,9,18H,7-8,10H2. The molecule has 3 rings (SSSR count). The number of benzene rings is 2. The summed E-state index contributed by atoms with van der Waals surface area (Å²) in [6.07, 6.45) is 1.01. The van der Waals surface area contributed by atoms with Crippen molar-refractivity contribution < 1.29 is 9.50 Å². The first kappa shape index (κ1) is 11.1. The molecule has 92 valence electrons. The summed E-state index contributed by atoms with van der Waals surface area (Å²) in [5, 5.41) is 9.75. The highest BCUT2D eigenvalue weighted by molar-refractivity contribution is 5.58. The molecular formula is C15H14FNO. The van der Waals surface area contributed by atoms with Crippen LogP contribution in [0.15, 0.2) is 42.5 Å². The van der Waals surface area contributed by atoms with Crippen molar-refractivity contribution in [3.8, 4) is 5.75 Å². The first-order chi connectivity index (χ1) is 8.74. The average Bonchev–Trinajstić information content (AvgIpc) is 2.78. The van der Waals surface area contributed by atoms with Crippen LogP contribution in [0.2, 0.25) is 0 Å². The third-order valence-corrected chi connectivity index (χ3v) is 3.39. The molecule has 3 heteroatoms. The van der Waals surface area contributed by atoms with E-state index in [-0.39, 0.29) is 11.6 Å². The average molecular weight is 243 g/mol. The van der Waals surface area contributed by atoms with Gasteiger partial charge in [0.15, 0.2) is 0 Å². The third-order valence-electron chi connectivity index (χ3n) is 3.39. The van der Waals surface area contributed by atoms with Crippen LogP contribution in [0, 0.1) is 5.82 Å². The lowest BCUT2D eigenvalue weighted by molar-refractivity contribution is 0.464. The van der Waals surface area contributed by atoms with Crippen molar-refractivity contribution >= 4 is 5.69 Å². The van der Waals surface area contributed by atoms with Crippen LogP contribution in [-0.4, -0.2) is 11.7 Å². The van der Waals surface area contributed by atoms with Crippen LogP contribution < -0.4 is 4.90 Å². The largest absolute Gasteiger partial charge is 0.508 e. The van der Waals surface area contributed by atoms with E-state index in [1.807, 2.05) is 12.1 Å². The van der Waals surface area contributed by atoms with Gasteiger partial charge >= 0.3 is 0 Å². The van der Waals surface area contributed by atoms with Gasteiger partial charge in [-0.3, -0.25) is 0 Å². The number of anilines is 1. The van der Waals surface area contributed by atoms with E-state index in [4.69, 9.17) is 0 Å². The number of para-hydroxylation sites is 1. The number of rotatable bonds is 2. The van der Waals surface area contributed by atoms with E-state index in [1.54, 1.807) is 0 Å². The van der Waals surface area contributed by atoms with Crippen LogP contribution in [0.4, 0.5) is 10.1 Å². The van der Waals surface area contributed by atoms with Gasteiger partial charge in [0.2, 0.25) is 0 Å². The Kier molecular flexibility index (Phi) is 2.67. The highest BCUT2D eigenvalue weighted by Crippen LogP contribution is 2.30. The van der Waals surface area contributed by atoms with Gasteiger partial charge in [0.25, 0.3) is 0 Å². The number of aromatic hydroxyl groups is 1. The molecule has 1 aliphatic heterocycles. The molecule has 0 saturated heterocycles. The molecule has 0 atom stereocenters. The molecule has 1 heterocycles. The maximum absolute atomic E-state index is 13.2. The molecule has 2 aromatic rings. The van der Waals surface area contributed by atoms with Gasteiger partial charge in [-0.25, -0.2) is 4.39 Å². The zero-order valence-electron chi connectivity index (χ0n) is 9.94. The fourth-order valence-electron chi connectivity index (χ4n) is 2.46. The van der Waals surface area contributed by atoms with Gasteiger partial charge in [0, 0.05) is 24.3 Å². The van der Waals surface area contributed by atoms with Gasteiger partial charge < -0.3 is 10.0 Å². The van der Waals surface area contributed by atoms with Gasteiger partial charge in [-0.1, -0.05) is 18.2 Å². The molecule has 0 radical (unpaired) electrons. The quantitative estimate of drug-likeness (QED) is 0.876. The molecule has 2 nitrogen and oxygen atoms in total. The third kappa shape index (κ3) is 1.92. The maximum atomic E-state index is 13.2. The van der Waals surface area contributed by atoms with E-state index in [2.05, 4.69) is 17.0 Å². The SMILES string of the molecule is Oc1ccc(F)cc1CN1CCc2ccccc21. The number of hydrogen-bond acceptors (Lipinski definition) is 2. The van der Waals surface area contributed by atoms with E-state index >= 15 is 0 Å². The van der Waals surface area contributed by atoms with Crippen LogP contribution in [0.3, 0.4) is 0 Å². The minimum atomic E-state index is -0.310. The van der Waals surface area contributed by atoms with Crippen LogP contribution in [0.25, 0.3) is 0 Å². The molecule has 1 N–H and O–H groups in total. The lowest BCUT2D eigenvalue weighted by atomic mass is 10.1. The zero-order chi connectivity index (χ0) is 12.5. The highest BCUT2D eigenvalue weighted by atomic mass is 19.1. The molecule has 0 spiro atoms. The molecule has 0 saturated carbocycles. The fraction of sp³-hybridized carbons (Fsp3) is 0.200. The Morgan fingerprint density at radius 3 is 2.89 bits per heavy atom. The normalized spacial score (nSPS) is 13.7. The van der Waals surface area contributed by atoms with Crippen LogP contribution in [0.5, 0.6) is 5.75 Å². The summed E-state index contributed by atoms with van der Waals surface area (Å²) in [6.45, 7) is 1.45. The molecule has 0 fully saturated rings. The Bertz CT molecular complexity index is 582. The second-order valence-electron chi connectivity index (χ2n) is 4.57. The van der Waals surface area contributed by atoms with E-state index < -0.39 is 0 Å². The molecule has 18 heavy (non-hydrogen) atoms. The smallest absolute Gasteiger partial charge is 0.123 e. The zero-order valence-corrected chi connectivity index (χ0v) is 9.94. The molecular weight excluding hydrogens is 229 g/mol. The van der Waals surface area contributed by atoms with Crippen molar-refractivity contribution in [1.82, 2.24) is 0 Å². The fourth-order valence-corrected chi connectivity index (χ4v) is 2.46. The summed E-state index contributed by atoms with van der Waals surface area (Å²) in [5.41, 5.74) is 3.13. The molecule has 0 aliphatic carbocycles. The van der Waals surface area contributed by atoms with Crippen LogP contribution >= 0.6 is 0 Å². The second-order valence-corrected chi connectivity index (χ2v) is 4.57. The number of phenols is 1. The molecule has 1 aliphatic rings. The number of fused-ring (bicyclic) bond motifs is 1. The Morgan fingerprint density at radius 1 is 1.17 bits per heavy atom. The van der Waals surface area contributed by atoms with E-state index in [9.17, 15) is 9.50 Å². The summed E-state index contributed by atoms with van der Waals surface area (Å²) >= 11 is 0. The second kappa shape index (κ2) is 4.33. The van der Waals surface area contributed by atoms with Crippen molar-refractivity contribution in [2.75, 3.05) is 11.4 Å². The first-order valence-electron chi connectivity index (χ1n) is 6.04. The predicted octanol–water partition coefficient (Wildman–Crippen LogP) is 3.09. The summed E-state index contributed by atoms with van der Waals surface area (Å²) in [4.78, 5) is 2.17. The first-order valence-corrected chi connectivity index (χ1v) is 6.04. The van der Waals surface area contributed by atoms with Crippen molar-refractivity contribution in [3.63, 3.8) is 0 Å². The Hall–Kier alpha value is -2.03. The summed E-state index contributed by atoms with van der Waals surface area (Å²) < 4.78 is 13.2. The Balaban J connectivity index is 1.88. The van der Waals surface area contributed by atoms with Crippen molar-refractivity contribution in [1.29, 1.82) is 0 Å². The molecule has 2 aromatic carbocycles. The van der Waals surface area contributed by atoms with E-state index in [0.717, 1.165) is 13.0 Å². The number of nitrogens with zero attached hydrogens (tertiary/aromatic N) is 1. The van der Waals surface area contributed by atoms with Gasteiger partial charge in [0.1, 0.15) is 11.6 Å². The topological polar surface area (TPSA) is 23.5 Å². The summed E-state index contributed by atoms with van der Waals surface area (Å²) in [5.74, 6) is -0.156. The molecule has 0 unspecified atom stereocenters. The van der Waals surface area contributed by atoms with Gasteiger partial charge in [-0.05, 0) is 36.2 Å². The molecule has 0 bridgehead atoms. The maximum Gasteiger partial charge on any atom is 0.123 e. The number of halogens is 1. The van der Waals surface area contributed by atoms with Gasteiger partial charge in [0.05, 0.1) is 0 Å². The van der Waals surface area contributed by atoms with Crippen molar-refractivity contribution in [2.45, 2.75) is 13.0 Å². The lowest BCUT2D eigenvalue weighted by Crippen LogP contribution is -2.19. The van der Waals surface area contributed by atoms with Crippen LogP contribution in [0.1, 0.15) is 11.1 Å². The highest BCUT2D eigenvalue weighted by Gasteiger charge is 2.19. The summed E-state index contributed by atoms with van der Waals surface area (Å²) in [6, 6.07) is 12.3. The van der Waals surface area contributed by atoms with Crippen LogP contribution in [-0.2, 0) is 13.0 Å². The molecule has 0 aromatic heterocycles. The molecule has 0 amide bonds. The van der Waals surface area contributed by atoms with E-state index in [0.29, 0.717) is 12.1 Å². The van der Waals surface area contributed by atoms with Gasteiger partial charge in [-0.15, -0.1) is 0 Å². The monoisotopic (exact) mass is 243 g/mol. The minimum absolute atomic E-state index is 0.154.